The molecule has 6 nitrogen and oxygen atoms in total. The Morgan fingerprint density at radius 1 is 1.69 bits per heavy atom. The molecule has 0 spiro atoms. The number of rotatable bonds is 2. The summed E-state index contributed by atoms with van der Waals surface area (Å²) < 4.78 is 7.12. The van der Waals surface area contributed by atoms with Crippen LogP contribution in [0.4, 0.5) is 5.69 Å². The van der Waals surface area contributed by atoms with Gasteiger partial charge in [0.25, 0.3) is 0 Å². The van der Waals surface area contributed by atoms with Crippen molar-refractivity contribution in [3.8, 4) is 0 Å². The highest BCUT2D eigenvalue weighted by Gasteiger charge is 2.28. The molecule has 2 heterocycles. The van der Waals surface area contributed by atoms with Crippen molar-refractivity contribution < 1.29 is 9.66 Å². The predicted molar refractivity (Wildman–Crippen MR) is 57.3 cm³/mol. The van der Waals surface area contributed by atoms with Crippen LogP contribution in [-0.2, 0) is 4.74 Å². The molecule has 2 rings (SSSR count). The Morgan fingerprint density at radius 2 is 2.44 bits per heavy atom. The van der Waals surface area contributed by atoms with Crippen molar-refractivity contribution in [3.05, 3.63) is 22.0 Å². The molecular formula is C10H15N3O3. The van der Waals surface area contributed by atoms with Gasteiger partial charge in [0, 0.05) is 12.5 Å². The summed E-state index contributed by atoms with van der Waals surface area (Å²) in [6.07, 6.45) is 2.19. The first-order valence-electron chi connectivity index (χ1n) is 5.37. The summed E-state index contributed by atoms with van der Waals surface area (Å²) in [7, 11) is 0. The third-order valence-electron chi connectivity index (χ3n) is 3.13. The monoisotopic (exact) mass is 225 g/mol. The number of ether oxygens (including phenoxy) is 1. The molecule has 1 fully saturated rings. The Kier molecular flexibility index (Phi) is 2.91. The Morgan fingerprint density at radius 3 is 3.00 bits per heavy atom. The molecule has 0 radical (unpaired) electrons. The molecule has 1 saturated heterocycles. The fourth-order valence-electron chi connectivity index (χ4n) is 2.16. The summed E-state index contributed by atoms with van der Waals surface area (Å²) in [6.45, 7) is 5.21. The number of nitro groups is 1. The molecule has 1 aliphatic rings. The van der Waals surface area contributed by atoms with E-state index in [1.54, 1.807) is 11.6 Å². The average Bonchev–Trinajstić information content (AvgIpc) is 2.61. The van der Waals surface area contributed by atoms with Crippen LogP contribution in [0.25, 0.3) is 0 Å². The normalized spacial score (nSPS) is 25.6. The maximum Gasteiger partial charge on any atom is 0.309 e. The Hall–Kier alpha value is -1.43. The SMILES string of the molecule is Cc1c([N+](=O)[O-])cnn1[C@H]1CCOC[C@H]1C. The topological polar surface area (TPSA) is 70.2 Å². The quantitative estimate of drug-likeness (QED) is 0.567. The van der Waals surface area contributed by atoms with Crippen LogP contribution >= 0.6 is 0 Å². The minimum atomic E-state index is -0.386. The first-order valence-corrected chi connectivity index (χ1v) is 5.37. The molecule has 0 saturated carbocycles. The van der Waals surface area contributed by atoms with E-state index in [0.717, 1.165) is 6.42 Å². The third-order valence-corrected chi connectivity index (χ3v) is 3.13. The molecule has 1 aliphatic heterocycles. The first-order chi connectivity index (χ1) is 7.61. The lowest BCUT2D eigenvalue weighted by Crippen LogP contribution is -2.29. The van der Waals surface area contributed by atoms with E-state index >= 15 is 0 Å². The molecule has 0 aromatic carbocycles. The van der Waals surface area contributed by atoms with E-state index in [4.69, 9.17) is 4.74 Å². The van der Waals surface area contributed by atoms with Crippen molar-refractivity contribution in [1.29, 1.82) is 0 Å². The second-order valence-electron chi connectivity index (χ2n) is 4.23. The van der Waals surface area contributed by atoms with Gasteiger partial charge in [-0.25, -0.2) is 0 Å². The van der Waals surface area contributed by atoms with E-state index in [1.165, 1.54) is 6.20 Å². The van der Waals surface area contributed by atoms with Crippen LogP contribution in [0.3, 0.4) is 0 Å². The summed E-state index contributed by atoms with van der Waals surface area (Å²) >= 11 is 0. The predicted octanol–water partition coefficient (Wildman–Crippen LogP) is 1.70. The van der Waals surface area contributed by atoms with Gasteiger partial charge >= 0.3 is 5.69 Å². The molecule has 0 bridgehead atoms. The van der Waals surface area contributed by atoms with E-state index in [1.807, 2.05) is 0 Å². The summed E-state index contributed by atoms with van der Waals surface area (Å²) in [5.74, 6) is 0.340. The van der Waals surface area contributed by atoms with E-state index < -0.39 is 0 Å². The van der Waals surface area contributed by atoms with Gasteiger partial charge < -0.3 is 4.74 Å². The number of hydrogen-bond donors (Lipinski definition) is 0. The lowest BCUT2D eigenvalue weighted by molar-refractivity contribution is -0.385. The van der Waals surface area contributed by atoms with Gasteiger partial charge in [0.1, 0.15) is 11.9 Å². The Bertz CT molecular complexity index is 402. The zero-order valence-corrected chi connectivity index (χ0v) is 9.42. The van der Waals surface area contributed by atoms with Gasteiger partial charge in [-0.05, 0) is 13.3 Å². The zero-order valence-electron chi connectivity index (χ0n) is 9.42. The van der Waals surface area contributed by atoms with Gasteiger partial charge in [-0.2, -0.15) is 5.10 Å². The molecule has 1 aromatic heterocycles. The van der Waals surface area contributed by atoms with Gasteiger partial charge in [0.05, 0.1) is 17.6 Å². The van der Waals surface area contributed by atoms with E-state index in [2.05, 4.69) is 12.0 Å². The highest BCUT2D eigenvalue weighted by molar-refractivity contribution is 5.32. The molecule has 0 aliphatic carbocycles. The highest BCUT2D eigenvalue weighted by atomic mass is 16.6. The van der Waals surface area contributed by atoms with Crippen molar-refractivity contribution >= 4 is 5.69 Å². The maximum absolute atomic E-state index is 10.7. The Balaban J connectivity index is 2.29. The van der Waals surface area contributed by atoms with Gasteiger partial charge in [-0.1, -0.05) is 6.92 Å². The van der Waals surface area contributed by atoms with Crippen molar-refractivity contribution in [2.75, 3.05) is 13.2 Å². The van der Waals surface area contributed by atoms with Crippen LogP contribution < -0.4 is 0 Å². The van der Waals surface area contributed by atoms with Crippen molar-refractivity contribution in [2.45, 2.75) is 26.3 Å². The zero-order chi connectivity index (χ0) is 11.7. The molecule has 0 unspecified atom stereocenters. The molecule has 6 heteroatoms. The maximum atomic E-state index is 10.7. The fraction of sp³-hybridized carbons (Fsp3) is 0.700. The van der Waals surface area contributed by atoms with Crippen LogP contribution in [0.2, 0.25) is 0 Å². The molecule has 2 atom stereocenters. The van der Waals surface area contributed by atoms with Gasteiger partial charge in [0.2, 0.25) is 0 Å². The minimum Gasteiger partial charge on any atom is -0.381 e. The summed E-state index contributed by atoms with van der Waals surface area (Å²) in [4.78, 5) is 10.3. The summed E-state index contributed by atoms with van der Waals surface area (Å²) in [5, 5.41) is 14.9. The van der Waals surface area contributed by atoms with Crippen molar-refractivity contribution in [3.63, 3.8) is 0 Å². The summed E-state index contributed by atoms with van der Waals surface area (Å²) in [6, 6.07) is 0.211. The van der Waals surface area contributed by atoms with Crippen LogP contribution in [0, 0.1) is 23.0 Å². The Labute approximate surface area is 93.4 Å². The standard InChI is InChI=1S/C10H15N3O3/c1-7-6-16-4-3-9(7)12-8(2)10(5-11-12)13(14)15/h5,7,9H,3-4,6H2,1-2H3/t7-,9+/m1/s1. The molecule has 88 valence electrons. The number of hydrogen-bond acceptors (Lipinski definition) is 4. The van der Waals surface area contributed by atoms with Crippen molar-refractivity contribution in [1.82, 2.24) is 9.78 Å². The average molecular weight is 225 g/mol. The minimum absolute atomic E-state index is 0.0960. The molecule has 16 heavy (non-hydrogen) atoms. The third kappa shape index (κ3) is 1.80. The van der Waals surface area contributed by atoms with Crippen molar-refractivity contribution in [2.24, 2.45) is 5.92 Å². The lowest BCUT2D eigenvalue weighted by atomic mass is 9.98. The number of aromatic nitrogens is 2. The number of nitrogens with zero attached hydrogens (tertiary/aromatic N) is 3. The largest absolute Gasteiger partial charge is 0.381 e. The van der Waals surface area contributed by atoms with E-state index in [0.29, 0.717) is 24.8 Å². The van der Waals surface area contributed by atoms with E-state index in [9.17, 15) is 10.1 Å². The lowest BCUT2D eigenvalue weighted by Gasteiger charge is -2.29. The summed E-state index contributed by atoms with van der Waals surface area (Å²) in [5.41, 5.74) is 0.724. The van der Waals surface area contributed by atoms with E-state index in [-0.39, 0.29) is 16.7 Å². The smallest absolute Gasteiger partial charge is 0.309 e. The first kappa shape index (κ1) is 11.1. The molecular weight excluding hydrogens is 210 g/mol. The van der Waals surface area contributed by atoms with Crippen LogP contribution in [0.5, 0.6) is 0 Å². The van der Waals surface area contributed by atoms with Crippen LogP contribution in [0.15, 0.2) is 6.20 Å². The van der Waals surface area contributed by atoms with Gasteiger partial charge in [0.15, 0.2) is 0 Å². The fourth-order valence-corrected chi connectivity index (χ4v) is 2.16. The van der Waals surface area contributed by atoms with Gasteiger partial charge in [-0.15, -0.1) is 0 Å². The van der Waals surface area contributed by atoms with Crippen LogP contribution in [-0.4, -0.2) is 27.9 Å². The highest BCUT2D eigenvalue weighted by Crippen LogP contribution is 2.29. The second-order valence-corrected chi connectivity index (χ2v) is 4.23. The van der Waals surface area contributed by atoms with Gasteiger partial charge in [-0.3, -0.25) is 14.8 Å². The molecule has 0 N–H and O–H groups in total. The van der Waals surface area contributed by atoms with Crippen LogP contribution in [0.1, 0.15) is 25.1 Å². The molecule has 0 amide bonds. The second kappa shape index (κ2) is 4.21. The molecule has 1 aromatic rings.